The molecular formula is C15H11F2N5O2. The van der Waals surface area contributed by atoms with Crippen LogP contribution in [0.5, 0.6) is 5.75 Å². The van der Waals surface area contributed by atoms with E-state index in [1.165, 1.54) is 23.5 Å². The first-order chi connectivity index (χ1) is 11.6. The molecule has 9 heteroatoms. The highest BCUT2D eigenvalue weighted by molar-refractivity contribution is 5.93. The largest absolute Gasteiger partial charge is 0.481 e. The highest BCUT2D eigenvalue weighted by Crippen LogP contribution is 2.18. The van der Waals surface area contributed by atoms with Crippen LogP contribution in [0.15, 0.2) is 49.2 Å². The molecule has 1 aromatic carbocycles. The van der Waals surface area contributed by atoms with Crippen LogP contribution in [0.3, 0.4) is 0 Å². The summed E-state index contributed by atoms with van der Waals surface area (Å²) in [5, 5.41) is 6.53. The highest BCUT2D eigenvalue weighted by atomic mass is 19.1. The van der Waals surface area contributed by atoms with Gasteiger partial charge in [-0.15, -0.1) is 0 Å². The minimum Gasteiger partial charge on any atom is -0.481 e. The number of nitrogens with zero attached hydrogens (tertiary/aromatic N) is 4. The molecule has 0 spiro atoms. The number of benzene rings is 1. The number of amides is 1. The number of carbonyl (C=O) groups is 1. The molecule has 0 aliphatic carbocycles. The average molecular weight is 331 g/mol. The lowest BCUT2D eigenvalue weighted by atomic mass is 10.3. The highest BCUT2D eigenvalue weighted by Gasteiger charge is 2.12. The molecule has 0 aliphatic rings. The van der Waals surface area contributed by atoms with Crippen LogP contribution >= 0.6 is 0 Å². The first-order valence-electron chi connectivity index (χ1n) is 6.81. The lowest BCUT2D eigenvalue weighted by molar-refractivity contribution is -0.118. The summed E-state index contributed by atoms with van der Waals surface area (Å²) in [6.45, 7) is -0.450. The maximum absolute atomic E-state index is 13.5. The zero-order valence-electron chi connectivity index (χ0n) is 12.2. The van der Waals surface area contributed by atoms with E-state index in [4.69, 9.17) is 4.74 Å². The van der Waals surface area contributed by atoms with Crippen LogP contribution < -0.4 is 10.1 Å². The fourth-order valence-corrected chi connectivity index (χ4v) is 1.92. The zero-order valence-corrected chi connectivity index (χ0v) is 12.2. The number of halogens is 2. The van der Waals surface area contributed by atoms with Gasteiger partial charge in [-0.2, -0.15) is 5.10 Å². The predicted octanol–water partition coefficient (Wildman–Crippen LogP) is 1.96. The fourth-order valence-electron chi connectivity index (χ4n) is 1.92. The summed E-state index contributed by atoms with van der Waals surface area (Å²) < 4.78 is 32.7. The van der Waals surface area contributed by atoms with Gasteiger partial charge in [-0.25, -0.2) is 23.4 Å². The third-order valence-electron chi connectivity index (χ3n) is 2.95. The average Bonchev–Trinajstić information content (AvgIpc) is 3.09. The number of aromatic nitrogens is 4. The van der Waals surface area contributed by atoms with Crippen molar-refractivity contribution in [2.45, 2.75) is 0 Å². The molecule has 0 atom stereocenters. The van der Waals surface area contributed by atoms with Crippen LogP contribution in [0.1, 0.15) is 0 Å². The summed E-state index contributed by atoms with van der Waals surface area (Å²) in [7, 11) is 0. The van der Waals surface area contributed by atoms with Crippen LogP contribution in [-0.2, 0) is 4.79 Å². The van der Waals surface area contributed by atoms with Crippen molar-refractivity contribution in [2.24, 2.45) is 0 Å². The number of nitrogens with one attached hydrogen (secondary N) is 1. The summed E-state index contributed by atoms with van der Waals surface area (Å²) >= 11 is 0. The molecule has 0 bridgehead atoms. The summed E-state index contributed by atoms with van der Waals surface area (Å²) in [6.07, 6.45) is 4.31. The Hall–Kier alpha value is -3.36. The minimum atomic E-state index is -0.882. The van der Waals surface area contributed by atoms with Crippen molar-refractivity contribution in [3.8, 4) is 11.6 Å². The van der Waals surface area contributed by atoms with E-state index >= 15 is 0 Å². The molecule has 2 aromatic heterocycles. The number of hydrogen-bond donors (Lipinski definition) is 1. The summed E-state index contributed by atoms with van der Waals surface area (Å²) in [4.78, 5) is 19.9. The van der Waals surface area contributed by atoms with Gasteiger partial charge in [-0.05, 0) is 24.3 Å². The number of hydrogen-bond acceptors (Lipinski definition) is 5. The molecular weight excluding hydrogens is 320 g/mol. The van der Waals surface area contributed by atoms with Crippen LogP contribution in [0.2, 0.25) is 0 Å². The second-order valence-corrected chi connectivity index (χ2v) is 4.63. The van der Waals surface area contributed by atoms with Gasteiger partial charge < -0.3 is 10.1 Å². The van der Waals surface area contributed by atoms with E-state index in [-0.39, 0.29) is 5.75 Å². The van der Waals surface area contributed by atoms with Gasteiger partial charge in [0.15, 0.2) is 24.0 Å². The summed E-state index contributed by atoms with van der Waals surface area (Å²) in [6, 6.07) is 6.09. The van der Waals surface area contributed by atoms with E-state index in [9.17, 15) is 13.6 Å². The lowest BCUT2D eigenvalue weighted by Gasteiger charge is -2.10. The van der Waals surface area contributed by atoms with Crippen LogP contribution in [0.4, 0.5) is 14.5 Å². The fraction of sp³-hybridized carbons (Fsp3) is 0.0667. The number of pyridine rings is 1. The van der Waals surface area contributed by atoms with Crippen molar-refractivity contribution in [1.82, 2.24) is 19.7 Å². The minimum absolute atomic E-state index is 0.214. The van der Waals surface area contributed by atoms with Gasteiger partial charge in [0.25, 0.3) is 5.91 Å². The van der Waals surface area contributed by atoms with E-state index in [2.05, 4.69) is 20.4 Å². The molecule has 24 heavy (non-hydrogen) atoms. The van der Waals surface area contributed by atoms with Crippen LogP contribution in [-0.4, -0.2) is 32.3 Å². The Morgan fingerprint density at radius 2 is 2.17 bits per heavy atom. The molecule has 7 nitrogen and oxygen atoms in total. The molecule has 0 radical (unpaired) electrons. The van der Waals surface area contributed by atoms with Gasteiger partial charge in [-0.3, -0.25) is 4.79 Å². The molecule has 3 aromatic rings. The molecule has 2 heterocycles. The first kappa shape index (κ1) is 15.5. The monoisotopic (exact) mass is 331 g/mol. The van der Waals surface area contributed by atoms with Crippen molar-refractivity contribution in [2.75, 3.05) is 11.9 Å². The Labute approximate surface area is 134 Å². The van der Waals surface area contributed by atoms with Gasteiger partial charge in [0.1, 0.15) is 18.5 Å². The zero-order chi connectivity index (χ0) is 16.9. The van der Waals surface area contributed by atoms with E-state index in [1.54, 1.807) is 12.1 Å². The van der Waals surface area contributed by atoms with E-state index in [0.29, 0.717) is 17.6 Å². The van der Waals surface area contributed by atoms with Gasteiger partial charge in [-0.1, -0.05) is 0 Å². The number of ether oxygens (including phenoxy) is 1. The number of anilines is 1. The quantitative estimate of drug-likeness (QED) is 0.773. The molecule has 0 aliphatic heterocycles. The van der Waals surface area contributed by atoms with Crippen molar-refractivity contribution in [3.63, 3.8) is 0 Å². The van der Waals surface area contributed by atoms with E-state index < -0.39 is 24.1 Å². The van der Waals surface area contributed by atoms with Gasteiger partial charge in [0.05, 0.1) is 5.69 Å². The third-order valence-corrected chi connectivity index (χ3v) is 2.95. The summed E-state index contributed by atoms with van der Waals surface area (Å²) in [5.41, 5.74) is 0.385. The van der Waals surface area contributed by atoms with E-state index in [1.807, 2.05) is 0 Å². The maximum atomic E-state index is 13.5. The third kappa shape index (κ3) is 3.51. The maximum Gasteiger partial charge on any atom is 0.262 e. The van der Waals surface area contributed by atoms with Crippen molar-refractivity contribution < 1.29 is 18.3 Å². The van der Waals surface area contributed by atoms with Crippen molar-refractivity contribution in [1.29, 1.82) is 0 Å². The molecule has 1 amide bonds. The number of rotatable bonds is 5. The van der Waals surface area contributed by atoms with Crippen LogP contribution in [0.25, 0.3) is 5.82 Å². The van der Waals surface area contributed by atoms with Gasteiger partial charge >= 0.3 is 0 Å². The Balaban J connectivity index is 1.67. The second kappa shape index (κ2) is 6.82. The lowest BCUT2D eigenvalue weighted by Crippen LogP contribution is -2.21. The molecule has 0 fully saturated rings. The second-order valence-electron chi connectivity index (χ2n) is 4.63. The first-order valence-corrected chi connectivity index (χ1v) is 6.81. The van der Waals surface area contributed by atoms with Crippen LogP contribution in [0, 0.1) is 11.6 Å². The predicted molar refractivity (Wildman–Crippen MR) is 79.6 cm³/mol. The Morgan fingerprint density at radius 3 is 2.92 bits per heavy atom. The normalized spacial score (nSPS) is 10.4. The van der Waals surface area contributed by atoms with Gasteiger partial charge in [0.2, 0.25) is 0 Å². The molecule has 122 valence electrons. The molecule has 0 saturated heterocycles. The topological polar surface area (TPSA) is 81.9 Å². The molecule has 3 rings (SSSR count). The standard InChI is InChI=1S/C15H11F2N5O2/c16-10-3-4-13(11(17)6-10)24-7-14(23)21-12-2-1-5-19-15(12)22-9-18-8-20-22/h1-6,8-9H,7H2,(H,21,23). The molecule has 0 unspecified atom stereocenters. The molecule has 1 N–H and O–H groups in total. The Morgan fingerprint density at radius 1 is 1.29 bits per heavy atom. The van der Waals surface area contributed by atoms with Gasteiger partial charge in [0, 0.05) is 12.3 Å². The SMILES string of the molecule is O=C(COc1ccc(F)cc1F)Nc1cccnc1-n1cncn1. The Kier molecular flexibility index (Phi) is 4.41. The Bertz CT molecular complexity index is 855. The molecule has 0 saturated carbocycles. The van der Waals surface area contributed by atoms with E-state index in [0.717, 1.165) is 12.1 Å². The number of carbonyl (C=O) groups excluding carboxylic acids is 1. The van der Waals surface area contributed by atoms with Crippen molar-refractivity contribution in [3.05, 3.63) is 60.8 Å². The summed E-state index contributed by atoms with van der Waals surface area (Å²) in [5.74, 6) is -1.98. The van der Waals surface area contributed by atoms with Crippen molar-refractivity contribution >= 4 is 11.6 Å². The smallest absolute Gasteiger partial charge is 0.262 e.